The van der Waals surface area contributed by atoms with E-state index in [1.165, 1.54) is 5.56 Å². The van der Waals surface area contributed by atoms with Crippen molar-refractivity contribution in [2.45, 2.75) is 25.7 Å². The van der Waals surface area contributed by atoms with Crippen molar-refractivity contribution in [1.29, 1.82) is 5.26 Å². The number of likely N-dealkylation sites (tertiary alicyclic amines) is 1. The summed E-state index contributed by atoms with van der Waals surface area (Å²) in [6.45, 7) is 3.59. The molecular formula is C24H28N6O3. The maximum absolute atomic E-state index is 13.1. The summed E-state index contributed by atoms with van der Waals surface area (Å²) in [7, 11) is 0. The predicted octanol–water partition coefficient (Wildman–Crippen LogP) is 2.68. The number of hydrogen-bond acceptors (Lipinski definition) is 4. The normalized spacial score (nSPS) is 13.6. The van der Waals surface area contributed by atoms with Crippen molar-refractivity contribution in [2.75, 3.05) is 31.5 Å². The summed E-state index contributed by atoms with van der Waals surface area (Å²) in [5, 5.41) is 16.7. The Morgan fingerprint density at radius 1 is 1.06 bits per heavy atom. The summed E-state index contributed by atoms with van der Waals surface area (Å²) in [5.41, 5.74) is 8.72. The largest absolute Gasteiger partial charge is 0.352 e. The zero-order valence-electron chi connectivity index (χ0n) is 18.6. The molecule has 1 saturated heterocycles. The Bertz CT molecular complexity index is 1050. The number of primary amides is 1. The van der Waals surface area contributed by atoms with E-state index in [9.17, 15) is 14.4 Å². The highest BCUT2D eigenvalue weighted by Gasteiger charge is 2.25. The van der Waals surface area contributed by atoms with Crippen LogP contribution in [0.25, 0.3) is 0 Å². The fourth-order valence-electron chi connectivity index (χ4n) is 3.85. The van der Waals surface area contributed by atoms with E-state index >= 15 is 0 Å². The number of hydrogen-bond donors (Lipinski definition) is 4. The van der Waals surface area contributed by atoms with Gasteiger partial charge in [0.2, 0.25) is 0 Å². The molecule has 5 amide bonds. The smallest absolute Gasteiger partial charge is 0.319 e. The van der Waals surface area contributed by atoms with Crippen molar-refractivity contribution in [3.63, 3.8) is 0 Å². The van der Waals surface area contributed by atoms with Crippen molar-refractivity contribution in [3.05, 3.63) is 64.7 Å². The number of nitrogens with one attached hydrogen (secondary N) is 3. The average Bonchev–Trinajstić information content (AvgIpc) is 2.83. The van der Waals surface area contributed by atoms with Gasteiger partial charge in [-0.3, -0.25) is 4.79 Å². The molecule has 5 N–H and O–H groups in total. The number of aryl methyl sites for hydroxylation is 1. The van der Waals surface area contributed by atoms with Crippen LogP contribution in [0, 0.1) is 18.3 Å². The van der Waals surface area contributed by atoms with E-state index in [-0.39, 0.29) is 19.0 Å². The number of nitrogens with zero attached hydrogens (tertiary/aromatic N) is 2. The average molecular weight is 449 g/mol. The molecule has 0 bridgehead atoms. The van der Waals surface area contributed by atoms with Crippen LogP contribution in [0.5, 0.6) is 0 Å². The van der Waals surface area contributed by atoms with Gasteiger partial charge in [-0.1, -0.05) is 18.2 Å². The highest BCUT2D eigenvalue weighted by atomic mass is 16.2. The summed E-state index contributed by atoms with van der Waals surface area (Å²) in [4.78, 5) is 37.7. The van der Waals surface area contributed by atoms with E-state index in [0.29, 0.717) is 35.8 Å². The van der Waals surface area contributed by atoms with Crippen molar-refractivity contribution in [3.8, 4) is 6.07 Å². The quantitative estimate of drug-likeness (QED) is 0.504. The molecule has 2 aromatic carbocycles. The van der Waals surface area contributed by atoms with E-state index in [0.717, 1.165) is 18.4 Å². The van der Waals surface area contributed by atoms with Gasteiger partial charge in [0.05, 0.1) is 11.6 Å². The molecular weight excluding hydrogens is 420 g/mol. The Hall–Kier alpha value is -4.06. The molecule has 0 unspecified atom stereocenters. The molecule has 0 saturated carbocycles. The SMILES string of the molecule is Cc1ccc(C(=O)N2CCC(c3ccc(C#N)cc3)CC2)cc1NC(=O)NCCNC(N)=O. The van der Waals surface area contributed by atoms with Gasteiger partial charge in [-0.25, -0.2) is 9.59 Å². The van der Waals surface area contributed by atoms with E-state index in [1.807, 2.05) is 36.1 Å². The molecule has 0 spiro atoms. The van der Waals surface area contributed by atoms with Gasteiger partial charge in [0.25, 0.3) is 5.91 Å². The molecule has 0 aromatic heterocycles. The summed E-state index contributed by atoms with van der Waals surface area (Å²) in [6, 6.07) is 14.0. The molecule has 9 heteroatoms. The maximum Gasteiger partial charge on any atom is 0.319 e. The molecule has 1 aliphatic rings. The minimum atomic E-state index is -0.653. The second-order valence-corrected chi connectivity index (χ2v) is 8.00. The molecule has 1 aliphatic heterocycles. The third-order valence-corrected chi connectivity index (χ3v) is 5.74. The van der Waals surface area contributed by atoms with Gasteiger partial charge in [-0.05, 0) is 61.1 Å². The van der Waals surface area contributed by atoms with Gasteiger partial charge in [0.1, 0.15) is 0 Å². The molecule has 1 heterocycles. The zero-order chi connectivity index (χ0) is 23.8. The van der Waals surface area contributed by atoms with Crippen LogP contribution >= 0.6 is 0 Å². The van der Waals surface area contributed by atoms with Crippen LogP contribution in [0.1, 0.15) is 45.8 Å². The van der Waals surface area contributed by atoms with Gasteiger partial charge in [-0.2, -0.15) is 5.26 Å². The van der Waals surface area contributed by atoms with Crippen LogP contribution in [0.4, 0.5) is 15.3 Å². The van der Waals surface area contributed by atoms with Crippen molar-refractivity contribution >= 4 is 23.7 Å². The van der Waals surface area contributed by atoms with Crippen molar-refractivity contribution in [1.82, 2.24) is 15.5 Å². The Labute approximate surface area is 192 Å². The number of urea groups is 2. The molecule has 9 nitrogen and oxygen atoms in total. The molecule has 0 atom stereocenters. The van der Waals surface area contributed by atoms with Crippen LogP contribution in [-0.2, 0) is 0 Å². The molecule has 0 radical (unpaired) electrons. The standard InChI is InChI=1S/C24H28N6O3/c1-16-2-5-20(14-21(16)29-24(33)28-11-10-27-23(26)32)22(31)30-12-8-19(9-13-30)18-6-3-17(15-25)4-7-18/h2-7,14,19H,8-13H2,1H3,(H3,26,27,32)(H2,28,29,33). The van der Waals surface area contributed by atoms with Gasteiger partial charge < -0.3 is 26.6 Å². The van der Waals surface area contributed by atoms with Crippen LogP contribution in [0.2, 0.25) is 0 Å². The Balaban J connectivity index is 1.56. The van der Waals surface area contributed by atoms with E-state index < -0.39 is 12.1 Å². The zero-order valence-corrected chi connectivity index (χ0v) is 18.6. The van der Waals surface area contributed by atoms with Crippen molar-refractivity contribution in [2.24, 2.45) is 5.73 Å². The van der Waals surface area contributed by atoms with E-state index in [2.05, 4.69) is 22.0 Å². The number of benzene rings is 2. The fraction of sp³-hybridized carbons (Fsp3) is 0.333. The lowest BCUT2D eigenvalue weighted by Gasteiger charge is -2.32. The lowest BCUT2D eigenvalue weighted by molar-refractivity contribution is 0.0713. The van der Waals surface area contributed by atoms with E-state index in [1.54, 1.807) is 18.2 Å². The van der Waals surface area contributed by atoms with Crippen LogP contribution in [0.15, 0.2) is 42.5 Å². The topological polar surface area (TPSA) is 140 Å². The molecule has 33 heavy (non-hydrogen) atoms. The number of nitriles is 1. The third-order valence-electron chi connectivity index (χ3n) is 5.74. The number of carbonyl (C=O) groups is 3. The van der Waals surface area contributed by atoms with Gasteiger partial charge in [0.15, 0.2) is 0 Å². The third kappa shape index (κ3) is 6.46. The minimum absolute atomic E-state index is 0.0672. The summed E-state index contributed by atoms with van der Waals surface area (Å²) in [6.07, 6.45) is 1.71. The Kier molecular flexibility index (Phi) is 7.86. The molecule has 172 valence electrons. The molecule has 3 rings (SSSR count). The lowest BCUT2D eigenvalue weighted by Crippen LogP contribution is -2.39. The van der Waals surface area contributed by atoms with Crippen LogP contribution in [-0.4, -0.2) is 49.0 Å². The monoisotopic (exact) mass is 448 g/mol. The number of nitrogens with two attached hydrogens (primary N) is 1. The maximum atomic E-state index is 13.1. The lowest BCUT2D eigenvalue weighted by atomic mass is 9.89. The number of piperidine rings is 1. The van der Waals surface area contributed by atoms with Crippen molar-refractivity contribution < 1.29 is 14.4 Å². The van der Waals surface area contributed by atoms with Gasteiger partial charge >= 0.3 is 12.1 Å². The molecule has 2 aromatic rings. The van der Waals surface area contributed by atoms with Gasteiger partial charge in [-0.15, -0.1) is 0 Å². The fourth-order valence-corrected chi connectivity index (χ4v) is 3.85. The molecule has 0 aliphatic carbocycles. The Morgan fingerprint density at radius 2 is 1.73 bits per heavy atom. The molecule has 1 fully saturated rings. The van der Waals surface area contributed by atoms with Crippen LogP contribution < -0.4 is 21.7 Å². The summed E-state index contributed by atoms with van der Waals surface area (Å²) in [5.74, 6) is 0.298. The van der Waals surface area contributed by atoms with Crippen LogP contribution in [0.3, 0.4) is 0 Å². The highest BCUT2D eigenvalue weighted by molar-refractivity contribution is 5.97. The summed E-state index contributed by atoms with van der Waals surface area (Å²) >= 11 is 0. The first-order chi connectivity index (χ1) is 15.9. The first kappa shape index (κ1) is 23.6. The summed E-state index contributed by atoms with van der Waals surface area (Å²) < 4.78 is 0. The van der Waals surface area contributed by atoms with Gasteiger partial charge in [0, 0.05) is 37.4 Å². The highest BCUT2D eigenvalue weighted by Crippen LogP contribution is 2.29. The number of carbonyl (C=O) groups excluding carboxylic acids is 3. The number of anilines is 1. The second-order valence-electron chi connectivity index (χ2n) is 8.00. The number of rotatable bonds is 6. The second kappa shape index (κ2) is 11.0. The minimum Gasteiger partial charge on any atom is -0.352 e. The number of amides is 5. The van der Waals surface area contributed by atoms with E-state index in [4.69, 9.17) is 11.0 Å². The first-order valence-corrected chi connectivity index (χ1v) is 10.9. The Morgan fingerprint density at radius 3 is 2.36 bits per heavy atom. The predicted molar refractivity (Wildman–Crippen MR) is 125 cm³/mol. The first-order valence-electron chi connectivity index (χ1n) is 10.9.